The Kier molecular flexibility index (Phi) is 7.31. The highest BCUT2D eigenvalue weighted by molar-refractivity contribution is 5.89. The molecule has 176 valence electrons. The van der Waals surface area contributed by atoms with Crippen molar-refractivity contribution >= 4 is 17.9 Å². The first-order valence-electron chi connectivity index (χ1n) is 11.8. The normalized spacial score (nSPS) is 26.5. The molecule has 4 atom stereocenters. The van der Waals surface area contributed by atoms with Crippen molar-refractivity contribution in [2.75, 3.05) is 0 Å². The summed E-state index contributed by atoms with van der Waals surface area (Å²) in [5.74, 6) is -1.36. The number of ether oxygens (including phenoxy) is 2. The Balaban J connectivity index is 1.57. The van der Waals surface area contributed by atoms with E-state index in [2.05, 4.69) is 20.8 Å². The Bertz CT molecular complexity index is 860. The third-order valence-corrected chi connectivity index (χ3v) is 8.15. The van der Waals surface area contributed by atoms with Crippen LogP contribution >= 0.6 is 0 Å². The summed E-state index contributed by atoms with van der Waals surface area (Å²) in [6.07, 6.45) is 4.52. The zero-order chi connectivity index (χ0) is 23.5. The van der Waals surface area contributed by atoms with E-state index in [0.717, 1.165) is 25.7 Å². The van der Waals surface area contributed by atoms with E-state index < -0.39 is 18.0 Å². The van der Waals surface area contributed by atoms with Gasteiger partial charge in [-0.15, -0.1) is 0 Å². The van der Waals surface area contributed by atoms with Crippen LogP contribution in [0.15, 0.2) is 24.3 Å². The quantitative estimate of drug-likeness (QED) is 0.466. The van der Waals surface area contributed by atoms with Crippen LogP contribution in [0.3, 0.4) is 0 Å². The highest BCUT2D eigenvalue weighted by atomic mass is 16.6. The predicted molar refractivity (Wildman–Crippen MR) is 120 cm³/mol. The maximum Gasteiger partial charge on any atom is 0.336 e. The maximum atomic E-state index is 12.5. The van der Waals surface area contributed by atoms with Gasteiger partial charge in [-0.1, -0.05) is 52.3 Å². The zero-order valence-electron chi connectivity index (χ0n) is 19.7. The minimum absolute atomic E-state index is 0.0143. The van der Waals surface area contributed by atoms with Crippen LogP contribution in [0.2, 0.25) is 0 Å². The molecular weight excluding hydrogens is 408 g/mol. The second-order valence-electron chi connectivity index (χ2n) is 10.1. The van der Waals surface area contributed by atoms with Crippen molar-refractivity contribution in [1.29, 1.82) is 0 Å². The van der Waals surface area contributed by atoms with Gasteiger partial charge in [-0.3, -0.25) is 9.59 Å². The number of hydrogen-bond acceptors (Lipinski definition) is 5. The highest BCUT2D eigenvalue weighted by Crippen LogP contribution is 2.66. The lowest BCUT2D eigenvalue weighted by molar-refractivity contribution is -0.161. The molecule has 0 amide bonds. The van der Waals surface area contributed by atoms with E-state index in [1.54, 1.807) is 18.2 Å². The Morgan fingerprint density at radius 3 is 2.41 bits per heavy atom. The van der Waals surface area contributed by atoms with Gasteiger partial charge >= 0.3 is 17.9 Å². The number of benzene rings is 1. The first-order valence-corrected chi connectivity index (χ1v) is 11.8. The number of aromatic carboxylic acids is 1. The molecule has 1 aromatic rings. The van der Waals surface area contributed by atoms with Crippen LogP contribution in [0, 0.1) is 16.7 Å². The van der Waals surface area contributed by atoms with Crippen LogP contribution in [0.1, 0.15) is 101 Å². The number of carboxylic acids is 1. The van der Waals surface area contributed by atoms with E-state index in [4.69, 9.17) is 9.47 Å². The van der Waals surface area contributed by atoms with Gasteiger partial charge < -0.3 is 14.6 Å². The second-order valence-corrected chi connectivity index (χ2v) is 10.1. The van der Waals surface area contributed by atoms with Gasteiger partial charge in [0.15, 0.2) is 0 Å². The molecule has 32 heavy (non-hydrogen) atoms. The molecule has 6 nitrogen and oxygen atoms in total. The topological polar surface area (TPSA) is 89.9 Å². The molecule has 1 aromatic carbocycles. The van der Waals surface area contributed by atoms with E-state index in [-0.39, 0.29) is 41.3 Å². The van der Waals surface area contributed by atoms with Crippen molar-refractivity contribution in [1.82, 2.24) is 0 Å². The minimum atomic E-state index is -1.05. The molecule has 2 saturated carbocycles. The second kappa shape index (κ2) is 9.63. The van der Waals surface area contributed by atoms with Gasteiger partial charge in [0.05, 0.1) is 18.4 Å². The lowest BCUT2D eigenvalue weighted by Gasteiger charge is -2.38. The molecule has 6 heteroatoms. The van der Waals surface area contributed by atoms with Crippen LogP contribution in [0.4, 0.5) is 0 Å². The number of carbonyl (C=O) groups is 3. The summed E-state index contributed by atoms with van der Waals surface area (Å²) in [5, 5.41) is 9.49. The first-order chi connectivity index (χ1) is 15.1. The van der Waals surface area contributed by atoms with E-state index in [1.807, 2.05) is 6.92 Å². The molecule has 1 N–H and O–H groups in total. The Labute approximate surface area is 190 Å². The van der Waals surface area contributed by atoms with E-state index in [0.29, 0.717) is 17.9 Å². The van der Waals surface area contributed by atoms with Crippen molar-refractivity contribution in [2.24, 2.45) is 16.7 Å². The van der Waals surface area contributed by atoms with Crippen molar-refractivity contribution in [2.45, 2.75) is 91.3 Å². The van der Waals surface area contributed by atoms with Crippen molar-refractivity contribution in [3.63, 3.8) is 0 Å². The molecule has 0 saturated heterocycles. The maximum absolute atomic E-state index is 12.5. The molecule has 2 fully saturated rings. The van der Waals surface area contributed by atoms with Gasteiger partial charge in [-0.05, 0) is 49.5 Å². The van der Waals surface area contributed by atoms with E-state index in [1.165, 1.54) is 12.5 Å². The van der Waals surface area contributed by atoms with Gasteiger partial charge in [0.1, 0.15) is 12.2 Å². The summed E-state index contributed by atoms with van der Waals surface area (Å²) in [5.41, 5.74) is 0.759. The largest absolute Gasteiger partial charge is 0.478 e. The van der Waals surface area contributed by atoms with E-state index >= 15 is 0 Å². The third-order valence-electron chi connectivity index (χ3n) is 8.15. The van der Waals surface area contributed by atoms with E-state index in [9.17, 15) is 19.5 Å². The van der Waals surface area contributed by atoms with Gasteiger partial charge in [0, 0.05) is 11.0 Å². The molecule has 0 aromatic heterocycles. The number of carbonyl (C=O) groups excluding carboxylic acids is 2. The molecule has 2 aliphatic rings. The van der Waals surface area contributed by atoms with Crippen LogP contribution < -0.4 is 0 Å². The smallest absolute Gasteiger partial charge is 0.336 e. The number of hydrogen-bond donors (Lipinski definition) is 1. The molecule has 0 radical (unpaired) electrons. The lowest BCUT2D eigenvalue weighted by Crippen LogP contribution is -2.38. The molecule has 3 rings (SSSR count). The third kappa shape index (κ3) is 4.69. The summed E-state index contributed by atoms with van der Waals surface area (Å²) in [7, 11) is 0. The average molecular weight is 445 g/mol. The van der Waals surface area contributed by atoms with Gasteiger partial charge in [0.2, 0.25) is 0 Å². The summed E-state index contributed by atoms with van der Waals surface area (Å²) in [6.45, 7) is 8.77. The Hall–Kier alpha value is -2.37. The zero-order valence-corrected chi connectivity index (χ0v) is 19.7. The molecule has 2 bridgehead atoms. The molecular formula is C26H36O6. The number of unbranched alkanes of at least 4 members (excludes halogenated alkanes) is 1. The number of esters is 2. The molecule has 0 heterocycles. The van der Waals surface area contributed by atoms with Gasteiger partial charge in [-0.25, -0.2) is 4.79 Å². The summed E-state index contributed by atoms with van der Waals surface area (Å²) in [4.78, 5) is 36.6. The van der Waals surface area contributed by atoms with Crippen LogP contribution in [0.5, 0.6) is 0 Å². The van der Waals surface area contributed by atoms with Crippen molar-refractivity contribution < 1.29 is 29.0 Å². The average Bonchev–Trinajstić information content (AvgIpc) is 3.08. The van der Waals surface area contributed by atoms with Crippen LogP contribution in [0.25, 0.3) is 0 Å². The van der Waals surface area contributed by atoms with Gasteiger partial charge in [0.25, 0.3) is 0 Å². The molecule has 2 aliphatic carbocycles. The summed E-state index contributed by atoms with van der Waals surface area (Å²) >= 11 is 0. The van der Waals surface area contributed by atoms with Crippen molar-refractivity contribution in [3.8, 4) is 0 Å². The minimum Gasteiger partial charge on any atom is -0.478 e. The van der Waals surface area contributed by atoms with Gasteiger partial charge in [-0.2, -0.15) is 0 Å². The Morgan fingerprint density at radius 2 is 1.81 bits per heavy atom. The molecule has 4 unspecified atom stereocenters. The van der Waals surface area contributed by atoms with Crippen molar-refractivity contribution in [3.05, 3.63) is 35.4 Å². The summed E-state index contributed by atoms with van der Waals surface area (Å²) < 4.78 is 11.5. The predicted octanol–water partition coefficient (Wildman–Crippen LogP) is 5.70. The lowest BCUT2D eigenvalue weighted by atomic mass is 9.70. The number of rotatable bonds is 10. The monoisotopic (exact) mass is 444 g/mol. The molecule has 0 spiro atoms. The number of carboxylic acid groups (broad SMARTS) is 1. The first kappa shape index (κ1) is 24.3. The fraction of sp³-hybridized carbons (Fsp3) is 0.654. The fourth-order valence-corrected chi connectivity index (χ4v) is 5.59. The Morgan fingerprint density at radius 1 is 1.12 bits per heavy atom. The highest BCUT2D eigenvalue weighted by Gasteiger charge is 2.62. The standard InChI is InChI=1S/C26H36O6/c1-5-6-11-20(18-9-7-8-10-19(18)24(29)30)31-22(27)12-13-23(28)32-21-16-17-14-15-26(21,4)25(17,2)3/h7-10,17,20-21H,5-6,11-16H2,1-4H3,(H,29,30). The van der Waals surface area contributed by atoms with Crippen LogP contribution in [-0.4, -0.2) is 29.1 Å². The SMILES string of the molecule is CCCCC(OC(=O)CCC(=O)OC1CC2CCC1(C)C2(C)C)c1ccccc1C(=O)O. The fourth-order valence-electron chi connectivity index (χ4n) is 5.59. The number of fused-ring (bicyclic) bond motifs is 2. The molecule has 0 aliphatic heterocycles. The summed E-state index contributed by atoms with van der Waals surface area (Å²) in [6, 6.07) is 6.59. The van der Waals surface area contributed by atoms with Crippen LogP contribution in [-0.2, 0) is 19.1 Å².